The van der Waals surface area contributed by atoms with Crippen molar-refractivity contribution >= 4 is 12.4 Å². The van der Waals surface area contributed by atoms with Crippen molar-refractivity contribution in [1.29, 1.82) is 0 Å². The van der Waals surface area contributed by atoms with E-state index in [1.807, 2.05) is 0 Å². The maximum absolute atomic E-state index is 13.3. The van der Waals surface area contributed by atoms with Crippen LogP contribution in [0.25, 0.3) is 0 Å². The van der Waals surface area contributed by atoms with Crippen molar-refractivity contribution in [3.8, 4) is 5.75 Å². The summed E-state index contributed by atoms with van der Waals surface area (Å²) in [5, 5.41) is 0. The van der Waals surface area contributed by atoms with Crippen molar-refractivity contribution in [3.05, 3.63) is 59.7 Å². The fourth-order valence-electron chi connectivity index (χ4n) is 1.61. The second-order valence-corrected chi connectivity index (χ2v) is 4.13. The SMILES string of the molecule is Fc1cccc(F)c1COc1ccc([B-](F)(F)F)cc1. The molecule has 20 heavy (non-hydrogen) atoms. The van der Waals surface area contributed by atoms with Crippen LogP contribution >= 0.6 is 0 Å². The van der Waals surface area contributed by atoms with Gasteiger partial charge in [-0.25, -0.2) is 8.78 Å². The Morgan fingerprint density at radius 3 is 1.90 bits per heavy atom. The van der Waals surface area contributed by atoms with Crippen LogP contribution in [0, 0.1) is 11.6 Å². The van der Waals surface area contributed by atoms with Crippen LogP contribution in [0.2, 0.25) is 0 Å². The van der Waals surface area contributed by atoms with Gasteiger partial charge in [0.2, 0.25) is 0 Å². The van der Waals surface area contributed by atoms with Gasteiger partial charge in [-0.1, -0.05) is 18.2 Å². The van der Waals surface area contributed by atoms with Crippen LogP contribution in [0.3, 0.4) is 0 Å². The zero-order valence-corrected chi connectivity index (χ0v) is 10.1. The van der Waals surface area contributed by atoms with E-state index in [4.69, 9.17) is 4.74 Å². The van der Waals surface area contributed by atoms with Crippen molar-refractivity contribution in [1.82, 2.24) is 0 Å². The quantitative estimate of drug-likeness (QED) is 0.616. The van der Waals surface area contributed by atoms with Gasteiger partial charge in [0.25, 0.3) is 0 Å². The first kappa shape index (κ1) is 14.4. The number of hydrogen-bond acceptors (Lipinski definition) is 1. The molecule has 0 aromatic heterocycles. The Balaban J connectivity index is 2.08. The molecule has 2 aromatic carbocycles. The number of hydrogen-bond donors (Lipinski definition) is 0. The standard InChI is InChI=1S/C13H9BF5O/c15-12-2-1-3-13(16)11(12)8-20-10-6-4-9(5-7-10)14(17,18)19/h1-7H,8H2/q-1. The van der Waals surface area contributed by atoms with Gasteiger partial charge < -0.3 is 17.7 Å². The van der Waals surface area contributed by atoms with Crippen LogP contribution in [0.4, 0.5) is 21.7 Å². The summed E-state index contributed by atoms with van der Waals surface area (Å²) in [4.78, 5) is 0. The summed E-state index contributed by atoms with van der Waals surface area (Å²) in [7, 11) is 0. The molecule has 0 unspecified atom stereocenters. The average Bonchev–Trinajstić information content (AvgIpc) is 2.37. The molecular weight excluding hydrogens is 278 g/mol. The minimum Gasteiger partial charge on any atom is -0.489 e. The predicted octanol–water partition coefficient (Wildman–Crippen LogP) is 3.60. The van der Waals surface area contributed by atoms with E-state index < -0.39 is 30.7 Å². The molecule has 0 N–H and O–H groups in total. The zero-order valence-electron chi connectivity index (χ0n) is 10.1. The first-order valence-corrected chi connectivity index (χ1v) is 5.73. The lowest BCUT2D eigenvalue weighted by molar-refractivity contribution is 0.292. The molecule has 7 heteroatoms. The highest BCUT2D eigenvalue weighted by molar-refractivity contribution is 6.73. The molecule has 106 valence electrons. The van der Waals surface area contributed by atoms with E-state index in [-0.39, 0.29) is 11.3 Å². The van der Waals surface area contributed by atoms with E-state index in [0.29, 0.717) is 0 Å². The third-order valence-corrected chi connectivity index (χ3v) is 2.70. The highest BCUT2D eigenvalue weighted by Crippen LogP contribution is 2.17. The number of benzene rings is 2. The Morgan fingerprint density at radius 2 is 1.40 bits per heavy atom. The molecule has 0 saturated heterocycles. The molecule has 0 radical (unpaired) electrons. The second-order valence-electron chi connectivity index (χ2n) is 4.13. The largest absolute Gasteiger partial charge is 0.509 e. The van der Waals surface area contributed by atoms with E-state index in [9.17, 15) is 21.7 Å². The van der Waals surface area contributed by atoms with Gasteiger partial charge in [0.15, 0.2) is 0 Å². The molecule has 2 rings (SSSR count). The third-order valence-electron chi connectivity index (χ3n) is 2.70. The van der Waals surface area contributed by atoms with Crippen LogP contribution in [0.5, 0.6) is 5.75 Å². The molecule has 0 atom stereocenters. The van der Waals surface area contributed by atoms with E-state index in [2.05, 4.69) is 0 Å². The number of halogens is 5. The van der Waals surface area contributed by atoms with E-state index in [0.717, 1.165) is 36.4 Å². The summed E-state index contributed by atoms with van der Waals surface area (Å²) in [6, 6.07) is 7.34. The van der Waals surface area contributed by atoms with Crippen molar-refractivity contribution in [3.63, 3.8) is 0 Å². The third kappa shape index (κ3) is 3.29. The van der Waals surface area contributed by atoms with Crippen molar-refractivity contribution in [2.24, 2.45) is 0 Å². The Bertz CT molecular complexity index is 574. The molecule has 1 nitrogen and oxygen atoms in total. The smallest absolute Gasteiger partial charge is 0.489 e. The molecule has 0 aliphatic rings. The fraction of sp³-hybridized carbons (Fsp3) is 0.0769. The summed E-state index contributed by atoms with van der Waals surface area (Å²) < 4.78 is 68.9. The van der Waals surface area contributed by atoms with Crippen molar-refractivity contribution in [2.45, 2.75) is 6.61 Å². The molecule has 0 saturated carbocycles. The fourth-order valence-corrected chi connectivity index (χ4v) is 1.61. The van der Waals surface area contributed by atoms with Crippen LogP contribution in [0.1, 0.15) is 5.56 Å². The Hall–Kier alpha value is -2.05. The monoisotopic (exact) mass is 287 g/mol. The predicted molar refractivity (Wildman–Crippen MR) is 65.8 cm³/mol. The molecule has 0 spiro atoms. The van der Waals surface area contributed by atoms with Crippen molar-refractivity contribution in [2.75, 3.05) is 0 Å². The first-order chi connectivity index (χ1) is 9.38. The van der Waals surface area contributed by atoms with Crippen LogP contribution in [0.15, 0.2) is 42.5 Å². The van der Waals surface area contributed by atoms with E-state index >= 15 is 0 Å². The molecule has 0 fully saturated rings. The zero-order chi connectivity index (χ0) is 14.8. The molecule has 0 bridgehead atoms. The maximum Gasteiger partial charge on any atom is 0.509 e. The Labute approximate surface area is 112 Å². The van der Waals surface area contributed by atoms with Crippen molar-refractivity contribution < 1.29 is 26.5 Å². The Morgan fingerprint density at radius 1 is 0.850 bits per heavy atom. The summed E-state index contributed by atoms with van der Waals surface area (Å²) >= 11 is 0. The number of rotatable bonds is 4. The normalized spacial score (nSPS) is 11.4. The first-order valence-electron chi connectivity index (χ1n) is 5.73. The molecular formula is C13H9BF5O-. The van der Waals surface area contributed by atoms with Crippen LogP contribution in [-0.2, 0) is 6.61 Å². The van der Waals surface area contributed by atoms with E-state index in [1.165, 1.54) is 6.07 Å². The van der Waals surface area contributed by atoms with Gasteiger partial charge in [0.05, 0.1) is 5.56 Å². The average molecular weight is 287 g/mol. The molecule has 2 aromatic rings. The molecule has 0 aliphatic heterocycles. The maximum atomic E-state index is 13.3. The van der Waals surface area contributed by atoms with Crippen LogP contribution in [-0.4, -0.2) is 6.98 Å². The summed E-state index contributed by atoms with van der Waals surface area (Å²) in [6.45, 7) is -5.46. The highest BCUT2D eigenvalue weighted by atomic mass is 19.4. The highest BCUT2D eigenvalue weighted by Gasteiger charge is 2.25. The molecule has 0 heterocycles. The summed E-state index contributed by atoms with van der Waals surface area (Å²) in [6.07, 6.45) is 0. The lowest BCUT2D eigenvalue weighted by atomic mass is 9.80. The van der Waals surface area contributed by atoms with Gasteiger partial charge in [-0.2, -0.15) is 0 Å². The van der Waals surface area contributed by atoms with Gasteiger partial charge in [-0.15, -0.1) is 5.46 Å². The minimum atomic E-state index is -5.07. The van der Waals surface area contributed by atoms with Gasteiger partial charge in [-0.3, -0.25) is 0 Å². The summed E-state index contributed by atoms with van der Waals surface area (Å²) in [5.41, 5.74) is -1.02. The second kappa shape index (κ2) is 5.52. The minimum absolute atomic E-state index is 0.108. The number of ether oxygens (including phenoxy) is 1. The lowest BCUT2D eigenvalue weighted by Gasteiger charge is -2.15. The molecule has 0 aliphatic carbocycles. The van der Waals surface area contributed by atoms with Crippen LogP contribution < -0.4 is 10.2 Å². The molecule has 0 amide bonds. The lowest BCUT2D eigenvalue weighted by Crippen LogP contribution is -2.33. The van der Waals surface area contributed by atoms with Gasteiger partial charge in [0, 0.05) is 0 Å². The Kier molecular flexibility index (Phi) is 3.97. The van der Waals surface area contributed by atoms with E-state index in [1.54, 1.807) is 0 Å². The van der Waals surface area contributed by atoms with Gasteiger partial charge in [0.1, 0.15) is 24.0 Å². The van der Waals surface area contributed by atoms with Gasteiger partial charge in [-0.05, 0) is 24.3 Å². The van der Waals surface area contributed by atoms with Gasteiger partial charge >= 0.3 is 6.98 Å². The topological polar surface area (TPSA) is 9.23 Å². The summed E-state index contributed by atoms with van der Waals surface area (Å²) in [5.74, 6) is -1.42.